The van der Waals surface area contributed by atoms with Crippen LogP contribution in [0.4, 0.5) is 13.2 Å². The Hall–Kier alpha value is -0.430. The first kappa shape index (κ1) is 15.6. The number of hydrogen-bond donors (Lipinski definition) is 1. The molecule has 0 bridgehead atoms. The molecule has 0 amide bonds. The van der Waals surface area contributed by atoms with E-state index in [1.54, 1.807) is 18.9 Å². The molecule has 1 aliphatic heterocycles. The van der Waals surface area contributed by atoms with Crippen molar-refractivity contribution in [3.05, 3.63) is 0 Å². The highest BCUT2D eigenvalue weighted by Crippen LogP contribution is 2.22. The Bertz CT molecular complexity index is 272. The molecule has 7 heteroatoms. The van der Waals surface area contributed by atoms with Gasteiger partial charge in [-0.1, -0.05) is 11.8 Å². The fourth-order valence-corrected chi connectivity index (χ4v) is 2.60. The second kappa shape index (κ2) is 7.89. The molecule has 1 aliphatic rings. The van der Waals surface area contributed by atoms with Crippen LogP contribution in [0.15, 0.2) is 4.99 Å². The Morgan fingerprint density at radius 3 is 2.89 bits per heavy atom. The standard InChI is InChI=1S/C11H19F3N2OS/c1-17-7-4-9-8-18-10(16-9)15-6-3-2-5-11(12,13)14/h9H,2-8H2,1H3,(H,15,16). The number of ether oxygens (including phenoxy) is 1. The number of rotatable bonds is 7. The maximum absolute atomic E-state index is 11.9. The number of methoxy groups -OCH3 is 1. The molecule has 3 nitrogen and oxygen atoms in total. The fraction of sp³-hybridized carbons (Fsp3) is 0.909. The van der Waals surface area contributed by atoms with Gasteiger partial charge in [0.2, 0.25) is 0 Å². The molecule has 1 N–H and O–H groups in total. The third-order valence-corrected chi connectivity index (χ3v) is 3.63. The summed E-state index contributed by atoms with van der Waals surface area (Å²) in [6.45, 7) is 1.17. The molecule has 0 aliphatic carbocycles. The smallest absolute Gasteiger partial charge is 0.385 e. The molecular weight excluding hydrogens is 265 g/mol. The molecule has 1 fully saturated rings. The third-order valence-electron chi connectivity index (χ3n) is 2.54. The van der Waals surface area contributed by atoms with E-state index in [9.17, 15) is 13.2 Å². The molecule has 18 heavy (non-hydrogen) atoms. The van der Waals surface area contributed by atoms with Gasteiger partial charge in [-0.2, -0.15) is 13.2 Å². The summed E-state index contributed by atoms with van der Waals surface area (Å²) in [7, 11) is 1.66. The van der Waals surface area contributed by atoms with Crippen molar-refractivity contribution in [2.24, 2.45) is 4.99 Å². The van der Waals surface area contributed by atoms with E-state index in [1.165, 1.54) is 0 Å². The topological polar surface area (TPSA) is 33.6 Å². The first-order valence-corrected chi connectivity index (χ1v) is 6.99. The van der Waals surface area contributed by atoms with Crippen LogP contribution >= 0.6 is 11.8 Å². The predicted molar refractivity (Wildman–Crippen MR) is 68.1 cm³/mol. The number of unbranched alkanes of at least 4 members (excludes halogenated alkanes) is 1. The predicted octanol–water partition coefficient (Wildman–Crippen LogP) is 2.82. The lowest BCUT2D eigenvalue weighted by molar-refractivity contribution is -0.135. The van der Waals surface area contributed by atoms with E-state index in [2.05, 4.69) is 10.3 Å². The van der Waals surface area contributed by atoms with Gasteiger partial charge in [-0.25, -0.2) is 0 Å². The number of halogens is 3. The van der Waals surface area contributed by atoms with Crippen molar-refractivity contribution in [1.82, 2.24) is 5.32 Å². The van der Waals surface area contributed by atoms with Crippen LogP contribution in [-0.2, 0) is 4.74 Å². The first-order chi connectivity index (χ1) is 8.51. The molecule has 0 radical (unpaired) electrons. The molecule has 1 atom stereocenters. The Kier molecular flexibility index (Phi) is 6.85. The van der Waals surface area contributed by atoms with Gasteiger partial charge < -0.3 is 10.1 Å². The van der Waals surface area contributed by atoms with Crippen molar-refractivity contribution in [2.75, 3.05) is 26.0 Å². The summed E-state index contributed by atoms with van der Waals surface area (Å²) in [5.41, 5.74) is 0. The van der Waals surface area contributed by atoms with Crippen molar-refractivity contribution in [3.63, 3.8) is 0 Å². The summed E-state index contributed by atoms with van der Waals surface area (Å²) >= 11 is 1.63. The van der Waals surface area contributed by atoms with Crippen LogP contribution in [-0.4, -0.2) is 43.4 Å². The molecule has 0 saturated carbocycles. The number of hydrogen-bond acceptors (Lipinski definition) is 3. The van der Waals surface area contributed by atoms with Crippen LogP contribution in [0.25, 0.3) is 0 Å². The van der Waals surface area contributed by atoms with Gasteiger partial charge in [0.25, 0.3) is 0 Å². The molecule has 1 rings (SSSR count). The normalized spacial score (nSPS) is 22.4. The van der Waals surface area contributed by atoms with E-state index in [1.807, 2.05) is 0 Å². The van der Waals surface area contributed by atoms with E-state index in [4.69, 9.17) is 4.74 Å². The molecule has 1 saturated heterocycles. The van der Waals surface area contributed by atoms with E-state index >= 15 is 0 Å². The van der Waals surface area contributed by atoms with Gasteiger partial charge in [0, 0.05) is 38.5 Å². The van der Waals surface area contributed by atoms with E-state index in [-0.39, 0.29) is 6.42 Å². The molecule has 1 heterocycles. The van der Waals surface area contributed by atoms with Crippen molar-refractivity contribution in [1.29, 1.82) is 0 Å². The summed E-state index contributed by atoms with van der Waals surface area (Å²) < 4.78 is 40.7. The maximum atomic E-state index is 11.9. The monoisotopic (exact) mass is 284 g/mol. The highest BCUT2D eigenvalue weighted by atomic mass is 32.2. The largest absolute Gasteiger partial charge is 0.389 e. The fourth-order valence-electron chi connectivity index (χ4n) is 1.56. The zero-order valence-corrected chi connectivity index (χ0v) is 11.2. The van der Waals surface area contributed by atoms with Crippen LogP contribution in [0.3, 0.4) is 0 Å². The maximum Gasteiger partial charge on any atom is 0.389 e. The minimum absolute atomic E-state index is 0.151. The van der Waals surface area contributed by atoms with Crippen molar-refractivity contribution < 1.29 is 17.9 Å². The van der Waals surface area contributed by atoms with Gasteiger partial charge in [-0.05, 0) is 19.3 Å². The van der Waals surface area contributed by atoms with Gasteiger partial charge in [-0.15, -0.1) is 0 Å². The summed E-state index contributed by atoms with van der Waals surface area (Å²) in [5.74, 6) is 0.949. The average molecular weight is 284 g/mol. The average Bonchev–Trinajstić information content (AvgIpc) is 2.72. The lowest BCUT2D eigenvalue weighted by atomic mass is 10.2. The van der Waals surface area contributed by atoms with Gasteiger partial charge in [0.15, 0.2) is 5.17 Å². The number of amidine groups is 1. The molecule has 0 aromatic carbocycles. The van der Waals surface area contributed by atoms with E-state index in [0.29, 0.717) is 25.6 Å². The SMILES string of the molecule is COCCC1CSC(=NCCCCC(F)(F)F)N1. The third kappa shape index (κ3) is 7.10. The molecule has 1 unspecified atom stereocenters. The zero-order valence-electron chi connectivity index (χ0n) is 10.4. The first-order valence-electron chi connectivity index (χ1n) is 6.01. The van der Waals surface area contributed by atoms with Crippen LogP contribution < -0.4 is 5.32 Å². The van der Waals surface area contributed by atoms with Crippen molar-refractivity contribution in [2.45, 2.75) is 37.9 Å². The number of alkyl halides is 3. The van der Waals surface area contributed by atoms with Crippen LogP contribution in [0, 0.1) is 0 Å². The number of aliphatic imine (C=N–C) groups is 1. The number of nitrogens with one attached hydrogen (secondary N) is 1. The second-order valence-corrected chi connectivity index (χ2v) is 5.20. The Morgan fingerprint density at radius 2 is 2.22 bits per heavy atom. The van der Waals surface area contributed by atoms with Crippen LogP contribution in [0.2, 0.25) is 0 Å². The molecule has 0 aromatic heterocycles. The van der Waals surface area contributed by atoms with Crippen LogP contribution in [0.1, 0.15) is 25.7 Å². The second-order valence-electron chi connectivity index (χ2n) is 4.19. The number of thioether (sulfide) groups is 1. The van der Waals surface area contributed by atoms with Gasteiger partial charge in [-0.3, -0.25) is 4.99 Å². The molecular formula is C11H19F3N2OS. The van der Waals surface area contributed by atoms with E-state index in [0.717, 1.165) is 17.3 Å². The summed E-state index contributed by atoms with van der Waals surface area (Å²) in [4.78, 5) is 4.26. The highest BCUT2D eigenvalue weighted by molar-refractivity contribution is 8.14. The number of nitrogens with zero attached hydrogens (tertiary/aromatic N) is 1. The Labute approximate surface area is 110 Å². The van der Waals surface area contributed by atoms with Crippen LogP contribution in [0.5, 0.6) is 0 Å². The quantitative estimate of drug-likeness (QED) is 0.730. The summed E-state index contributed by atoms with van der Waals surface area (Å²) in [6.07, 6.45) is -3.20. The van der Waals surface area contributed by atoms with Gasteiger partial charge in [0.05, 0.1) is 0 Å². The minimum atomic E-state index is -4.04. The van der Waals surface area contributed by atoms with E-state index < -0.39 is 12.6 Å². The lowest BCUT2D eigenvalue weighted by Crippen LogP contribution is -2.28. The molecule has 106 valence electrons. The van der Waals surface area contributed by atoms with Crippen molar-refractivity contribution in [3.8, 4) is 0 Å². The minimum Gasteiger partial charge on any atom is -0.385 e. The van der Waals surface area contributed by atoms with Crippen molar-refractivity contribution >= 4 is 16.9 Å². The summed E-state index contributed by atoms with van der Waals surface area (Å²) in [6, 6.07) is 0.365. The van der Waals surface area contributed by atoms with Gasteiger partial charge >= 0.3 is 6.18 Å². The molecule has 0 spiro atoms. The van der Waals surface area contributed by atoms with Gasteiger partial charge in [0.1, 0.15) is 0 Å². The summed E-state index contributed by atoms with van der Waals surface area (Å²) in [5, 5.41) is 4.09. The highest BCUT2D eigenvalue weighted by Gasteiger charge is 2.25. The zero-order chi connectivity index (χ0) is 13.4. The Morgan fingerprint density at radius 1 is 1.44 bits per heavy atom. The lowest BCUT2D eigenvalue weighted by Gasteiger charge is -2.08. The Balaban J connectivity index is 2.09. The molecule has 0 aromatic rings.